The Hall–Kier alpha value is -3.69. The molecule has 0 aromatic heterocycles. The van der Waals surface area contributed by atoms with Crippen molar-refractivity contribution in [3.63, 3.8) is 0 Å². The van der Waals surface area contributed by atoms with Gasteiger partial charge in [0.25, 0.3) is 0 Å². The van der Waals surface area contributed by atoms with Crippen LogP contribution in [0.25, 0.3) is 32.3 Å². The third-order valence-corrected chi connectivity index (χ3v) is 29.6. The van der Waals surface area contributed by atoms with Crippen LogP contribution in [0, 0.1) is 0 Å². The van der Waals surface area contributed by atoms with Gasteiger partial charge in [0, 0.05) is 0 Å². The molecule has 0 aliphatic rings. The van der Waals surface area contributed by atoms with Gasteiger partial charge in [-0.25, -0.2) is 0 Å². The Bertz CT molecular complexity index is 2510. The molecule has 8 aromatic carbocycles. The minimum atomic E-state index is -2.03. The molecule has 6 heteroatoms. The van der Waals surface area contributed by atoms with Gasteiger partial charge in [-0.2, -0.15) is 0 Å². The molecule has 0 spiro atoms. The Morgan fingerprint density at radius 2 is 0.467 bits per heavy atom. The Balaban J connectivity index is 1.41. The van der Waals surface area contributed by atoms with E-state index in [1.54, 1.807) is 0 Å². The quantitative estimate of drug-likeness (QED) is 0.0995. The second-order valence-corrected chi connectivity index (χ2v) is 63.4. The van der Waals surface area contributed by atoms with Crippen LogP contribution >= 0.6 is 0 Å². The van der Waals surface area contributed by atoms with Crippen molar-refractivity contribution in [3.05, 3.63) is 158 Å². The third-order valence-electron chi connectivity index (χ3n) is 12.3. The first-order chi connectivity index (χ1) is 28.3. The predicted molar refractivity (Wildman–Crippen MR) is 280 cm³/mol. The molecular formula is C54H62Ge4N2. The fourth-order valence-corrected chi connectivity index (χ4v) is 18.4. The first-order valence-corrected chi connectivity index (χ1v) is 51.1. The number of nitrogens with zero attached hydrogens (tertiary/aromatic N) is 2. The summed E-state index contributed by atoms with van der Waals surface area (Å²) in [6, 6.07) is 61.2. The summed E-state index contributed by atoms with van der Waals surface area (Å²) in [6.07, 6.45) is 0. The van der Waals surface area contributed by atoms with Crippen molar-refractivity contribution in [2.75, 3.05) is 9.80 Å². The van der Waals surface area contributed by atoms with E-state index in [-0.39, 0.29) is 0 Å². The SMILES string of the molecule is [CH3][Ge]([CH3])([CH3])[c]1ccc(N(c2cc[c]([Ge]([CH3])([CH3])[CH3])cc2)c2cc3c4ccccc4c(N(c4cc[c]([Ge]([CH3])([CH3])[CH3])cc4)c4cc[c]([Ge]([CH3])([CH3])[CH3])cc4)cc3c3ccccc23)cc1. The van der Waals surface area contributed by atoms with E-state index in [1.165, 1.54) is 84.0 Å². The number of hydrogen-bond donors (Lipinski definition) is 0. The van der Waals surface area contributed by atoms with Crippen LogP contribution in [0.3, 0.4) is 0 Å². The van der Waals surface area contributed by atoms with Crippen molar-refractivity contribution < 1.29 is 0 Å². The predicted octanol–water partition coefficient (Wildman–Crippen LogP) is 14.3. The summed E-state index contributed by atoms with van der Waals surface area (Å²) >= 11 is -8.12. The molecule has 0 N–H and O–H groups in total. The number of rotatable bonds is 10. The molecule has 0 amide bonds. The van der Waals surface area contributed by atoms with Gasteiger partial charge in [-0.3, -0.25) is 0 Å². The fourth-order valence-electron chi connectivity index (χ4n) is 8.58. The Kier molecular flexibility index (Phi) is 11.6. The van der Waals surface area contributed by atoms with Gasteiger partial charge >= 0.3 is 374 Å². The third kappa shape index (κ3) is 8.56. The molecule has 0 aliphatic carbocycles. The van der Waals surface area contributed by atoms with E-state index < -0.39 is 53.1 Å². The zero-order chi connectivity index (χ0) is 42.8. The van der Waals surface area contributed by atoms with Crippen LogP contribution in [0.2, 0.25) is 69.1 Å². The van der Waals surface area contributed by atoms with E-state index in [1.807, 2.05) is 0 Å². The van der Waals surface area contributed by atoms with Crippen LogP contribution in [0.1, 0.15) is 0 Å². The van der Waals surface area contributed by atoms with E-state index in [4.69, 9.17) is 0 Å². The summed E-state index contributed by atoms with van der Waals surface area (Å²) in [4.78, 5) is 5.02. The van der Waals surface area contributed by atoms with E-state index in [9.17, 15) is 0 Å². The first kappa shape index (κ1) is 43.0. The molecular weight excluding hydrogens is 967 g/mol. The molecule has 0 unspecified atom stereocenters. The number of anilines is 6. The van der Waals surface area contributed by atoms with E-state index in [0.717, 1.165) is 0 Å². The number of benzene rings is 8. The van der Waals surface area contributed by atoms with Crippen molar-refractivity contribution in [2.24, 2.45) is 0 Å². The normalized spacial score (nSPS) is 12.7. The standard InChI is InChI=1S/C54H62Ge4N2/c1-55(2,3)39-21-29-43(30-22-39)59(44-31-23-40(24-32-44)56(4,5)6)53-37-51-48-18-14-16-20-50(48)54(38-52(51)47-17-13-15-19-49(47)53)60(45-33-25-41(26-34-45)57(7,8)9)46-35-27-42(28-36-46)58(10,11)12/h13-38H,1-12H3. The first-order valence-electron chi connectivity index (χ1n) is 21.7. The maximum atomic E-state index is 2.51. The van der Waals surface area contributed by atoms with Gasteiger partial charge in [-0.1, -0.05) is 0 Å². The zero-order valence-electron chi connectivity index (χ0n) is 37.9. The Morgan fingerprint density at radius 3 is 0.683 bits per heavy atom. The van der Waals surface area contributed by atoms with Crippen molar-refractivity contribution in [1.82, 2.24) is 0 Å². The summed E-state index contributed by atoms with van der Waals surface area (Å²) in [5, 5.41) is 7.55. The summed E-state index contributed by atoms with van der Waals surface area (Å²) < 4.78 is 6.09. The molecule has 304 valence electrons. The van der Waals surface area contributed by atoms with E-state index in [2.05, 4.69) is 237 Å². The molecule has 0 bridgehead atoms. The summed E-state index contributed by atoms with van der Waals surface area (Å²) in [5.74, 6) is 29.7. The van der Waals surface area contributed by atoms with Gasteiger partial charge in [0.05, 0.1) is 0 Å². The van der Waals surface area contributed by atoms with Crippen LogP contribution in [0.15, 0.2) is 158 Å². The average Bonchev–Trinajstić information content (AvgIpc) is 3.21. The fraction of sp³-hybridized carbons (Fsp3) is 0.222. The Morgan fingerprint density at radius 1 is 0.250 bits per heavy atom. The molecule has 0 saturated carbocycles. The average molecular weight is 1030 g/mol. The van der Waals surface area contributed by atoms with Crippen LogP contribution in [0.5, 0.6) is 0 Å². The van der Waals surface area contributed by atoms with Gasteiger partial charge in [0.1, 0.15) is 0 Å². The molecule has 0 fully saturated rings. The van der Waals surface area contributed by atoms with Crippen molar-refractivity contribution in [2.45, 2.75) is 69.1 Å². The van der Waals surface area contributed by atoms with E-state index >= 15 is 0 Å². The molecule has 8 rings (SSSR count). The van der Waals surface area contributed by atoms with Gasteiger partial charge < -0.3 is 0 Å². The maximum absolute atomic E-state index is 2.51. The van der Waals surface area contributed by atoms with Crippen LogP contribution in [-0.2, 0) is 0 Å². The molecule has 2 nitrogen and oxygen atoms in total. The second-order valence-electron chi connectivity index (χ2n) is 20.8. The van der Waals surface area contributed by atoms with Crippen molar-refractivity contribution in [3.8, 4) is 0 Å². The van der Waals surface area contributed by atoms with Crippen LogP contribution in [0.4, 0.5) is 34.1 Å². The monoisotopic (exact) mass is 1030 g/mol. The van der Waals surface area contributed by atoms with Gasteiger partial charge in [-0.05, 0) is 0 Å². The molecule has 0 radical (unpaired) electrons. The molecule has 60 heavy (non-hydrogen) atoms. The summed E-state index contributed by atoms with van der Waals surface area (Å²) in [7, 11) is 0. The topological polar surface area (TPSA) is 6.48 Å². The number of fused-ring (bicyclic) bond motifs is 5. The summed E-state index contributed by atoms with van der Waals surface area (Å²) in [5.41, 5.74) is 7.18. The van der Waals surface area contributed by atoms with E-state index in [0.29, 0.717) is 0 Å². The zero-order valence-corrected chi connectivity index (χ0v) is 46.3. The number of hydrogen-bond acceptors (Lipinski definition) is 2. The molecule has 8 aromatic rings. The molecule has 0 heterocycles. The van der Waals surface area contributed by atoms with Crippen LogP contribution < -0.4 is 27.4 Å². The minimum absolute atomic E-state index is 1.19. The van der Waals surface area contributed by atoms with Crippen molar-refractivity contribution >= 4 is 137 Å². The molecule has 0 aliphatic heterocycles. The Labute approximate surface area is 370 Å². The van der Waals surface area contributed by atoms with Gasteiger partial charge in [-0.15, -0.1) is 0 Å². The van der Waals surface area contributed by atoms with Gasteiger partial charge in [0.2, 0.25) is 0 Å². The van der Waals surface area contributed by atoms with Crippen LogP contribution in [-0.4, -0.2) is 53.1 Å². The van der Waals surface area contributed by atoms with Gasteiger partial charge in [0.15, 0.2) is 0 Å². The van der Waals surface area contributed by atoms with Crippen molar-refractivity contribution in [1.29, 1.82) is 0 Å². The summed E-state index contributed by atoms with van der Waals surface area (Å²) in [6.45, 7) is 0. The molecule has 0 saturated heterocycles. The second kappa shape index (κ2) is 16.2. The molecule has 0 atom stereocenters.